The molecule has 174 valence electrons. The summed E-state index contributed by atoms with van der Waals surface area (Å²) in [5.41, 5.74) is 3.58. The standard InChI is InChI=1S/C23H27ClN6O2S/c1-15(16-10-22(31)26-11-16)32-21-9-17(14-30-23(21)19(24)13-27-30)20-4-3-18(12-25-20)28-5-7-29(33-2)8-6-28/h3-4,9,12-16H,5-8,10-11H2,1-2H3,(H,26,31). The molecule has 5 heterocycles. The number of aromatic nitrogens is 3. The van der Waals surface area contributed by atoms with Gasteiger partial charge in [-0.3, -0.25) is 9.78 Å². The van der Waals surface area contributed by atoms with Crippen molar-refractivity contribution in [2.75, 3.05) is 43.9 Å². The van der Waals surface area contributed by atoms with Crippen LogP contribution >= 0.6 is 23.5 Å². The van der Waals surface area contributed by atoms with E-state index in [0.29, 0.717) is 29.3 Å². The second-order valence-electron chi connectivity index (χ2n) is 8.47. The van der Waals surface area contributed by atoms with E-state index in [9.17, 15) is 4.79 Å². The Hall–Kier alpha value is -2.49. The normalized spacial score (nSPS) is 20.3. The molecule has 3 aromatic rings. The first-order chi connectivity index (χ1) is 16.0. The molecule has 0 spiro atoms. The van der Waals surface area contributed by atoms with Crippen LogP contribution in [-0.4, -0.2) is 69.9 Å². The number of amides is 1. The molecule has 3 aromatic heterocycles. The summed E-state index contributed by atoms with van der Waals surface area (Å²) in [4.78, 5) is 18.7. The molecule has 10 heteroatoms. The second-order valence-corrected chi connectivity index (χ2v) is 9.76. The molecule has 2 atom stereocenters. The van der Waals surface area contributed by atoms with E-state index in [1.165, 1.54) is 0 Å². The maximum Gasteiger partial charge on any atom is 0.220 e. The van der Waals surface area contributed by atoms with Crippen molar-refractivity contribution in [3.8, 4) is 17.0 Å². The summed E-state index contributed by atoms with van der Waals surface area (Å²) < 4.78 is 10.4. The van der Waals surface area contributed by atoms with Crippen LogP contribution in [-0.2, 0) is 4.79 Å². The number of rotatable bonds is 6. The first-order valence-electron chi connectivity index (χ1n) is 11.1. The molecule has 0 aliphatic carbocycles. The van der Waals surface area contributed by atoms with Gasteiger partial charge >= 0.3 is 0 Å². The van der Waals surface area contributed by atoms with Crippen LogP contribution in [0.4, 0.5) is 5.69 Å². The van der Waals surface area contributed by atoms with Crippen LogP contribution in [0.25, 0.3) is 16.8 Å². The minimum Gasteiger partial charge on any atom is -0.488 e. The largest absolute Gasteiger partial charge is 0.488 e. The van der Waals surface area contributed by atoms with Crippen molar-refractivity contribution in [2.24, 2.45) is 5.92 Å². The van der Waals surface area contributed by atoms with Crippen molar-refractivity contribution in [1.29, 1.82) is 0 Å². The van der Waals surface area contributed by atoms with Gasteiger partial charge in [-0.1, -0.05) is 23.5 Å². The zero-order chi connectivity index (χ0) is 22.9. The van der Waals surface area contributed by atoms with E-state index in [1.54, 1.807) is 22.7 Å². The highest BCUT2D eigenvalue weighted by molar-refractivity contribution is 7.96. The van der Waals surface area contributed by atoms with Gasteiger partial charge in [0.25, 0.3) is 0 Å². The van der Waals surface area contributed by atoms with Crippen molar-refractivity contribution in [3.63, 3.8) is 0 Å². The van der Waals surface area contributed by atoms with E-state index in [-0.39, 0.29) is 17.9 Å². The summed E-state index contributed by atoms with van der Waals surface area (Å²) in [6.07, 6.45) is 7.91. The number of fused-ring (bicyclic) bond motifs is 1. The number of halogens is 1. The Balaban J connectivity index is 1.40. The van der Waals surface area contributed by atoms with Crippen LogP contribution in [0.5, 0.6) is 5.75 Å². The molecule has 2 saturated heterocycles. The van der Waals surface area contributed by atoms with Gasteiger partial charge in [-0.2, -0.15) is 5.10 Å². The van der Waals surface area contributed by atoms with Gasteiger partial charge in [0.15, 0.2) is 0 Å². The number of pyridine rings is 2. The first kappa shape index (κ1) is 22.3. The Kier molecular flexibility index (Phi) is 6.36. The summed E-state index contributed by atoms with van der Waals surface area (Å²) in [5, 5.41) is 7.78. The average Bonchev–Trinajstić information content (AvgIpc) is 3.45. The Bertz CT molecular complexity index is 1150. The molecule has 33 heavy (non-hydrogen) atoms. The second kappa shape index (κ2) is 9.40. The molecule has 2 aliphatic rings. The average molecular weight is 487 g/mol. The molecule has 8 nitrogen and oxygen atoms in total. The molecular weight excluding hydrogens is 460 g/mol. The number of anilines is 1. The molecule has 2 fully saturated rings. The lowest BCUT2D eigenvalue weighted by Gasteiger charge is -2.34. The van der Waals surface area contributed by atoms with Gasteiger partial charge in [-0.15, -0.1) is 0 Å². The van der Waals surface area contributed by atoms with Crippen molar-refractivity contribution in [3.05, 3.63) is 41.8 Å². The summed E-state index contributed by atoms with van der Waals surface area (Å²) >= 11 is 8.21. The van der Waals surface area contributed by atoms with Crippen molar-refractivity contribution >= 4 is 40.7 Å². The summed E-state index contributed by atoms with van der Waals surface area (Å²) in [7, 11) is 0. The summed E-state index contributed by atoms with van der Waals surface area (Å²) in [6.45, 7) is 6.68. The van der Waals surface area contributed by atoms with E-state index in [2.05, 4.69) is 31.9 Å². The lowest BCUT2D eigenvalue weighted by molar-refractivity contribution is -0.119. The van der Waals surface area contributed by atoms with E-state index < -0.39 is 0 Å². The van der Waals surface area contributed by atoms with Gasteiger partial charge in [0.1, 0.15) is 17.4 Å². The predicted octanol–water partition coefficient (Wildman–Crippen LogP) is 3.35. The van der Waals surface area contributed by atoms with Gasteiger partial charge in [-0.05, 0) is 31.4 Å². The molecule has 1 amide bonds. The van der Waals surface area contributed by atoms with Crippen molar-refractivity contribution < 1.29 is 9.53 Å². The third-order valence-electron chi connectivity index (χ3n) is 6.42. The monoisotopic (exact) mass is 486 g/mol. The van der Waals surface area contributed by atoms with Gasteiger partial charge in [-0.25, -0.2) is 8.82 Å². The van der Waals surface area contributed by atoms with Crippen LogP contribution in [0.2, 0.25) is 5.02 Å². The van der Waals surface area contributed by atoms with E-state index >= 15 is 0 Å². The molecule has 1 N–H and O–H groups in total. The number of carbonyl (C=O) groups is 1. The topological polar surface area (TPSA) is 75.0 Å². The Morgan fingerprint density at radius 2 is 2.06 bits per heavy atom. The third-order valence-corrected chi connectivity index (χ3v) is 7.58. The zero-order valence-electron chi connectivity index (χ0n) is 18.7. The SMILES string of the molecule is CSN1CCN(c2ccc(-c3cc(OC(C)C4CNC(=O)C4)c4c(Cl)cnn4c3)nc2)CC1. The Morgan fingerprint density at radius 1 is 1.24 bits per heavy atom. The highest BCUT2D eigenvalue weighted by Gasteiger charge is 2.29. The van der Waals surface area contributed by atoms with Gasteiger partial charge < -0.3 is 15.0 Å². The predicted molar refractivity (Wildman–Crippen MR) is 132 cm³/mol. The van der Waals surface area contributed by atoms with Crippen molar-refractivity contribution in [2.45, 2.75) is 19.4 Å². The quantitative estimate of drug-likeness (QED) is 0.535. The highest BCUT2D eigenvalue weighted by Crippen LogP contribution is 2.34. The molecule has 5 rings (SSSR count). The third kappa shape index (κ3) is 4.62. The lowest BCUT2D eigenvalue weighted by atomic mass is 10.0. The number of nitrogens with zero attached hydrogens (tertiary/aromatic N) is 5. The van der Waals surface area contributed by atoms with Crippen LogP contribution in [0, 0.1) is 5.92 Å². The molecule has 0 saturated carbocycles. The lowest BCUT2D eigenvalue weighted by Crippen LogP contribution is -2.43. The molecular formula is C23H27ClN6O2S. The van der Waals surface area contributed by atoms with Gasteiger partial charge in [0.05, 0.1) is 28.8 Å². The van der Waals surface area contributed by atoms with E-state index in [0.717, 1.165) is 43.1 Å². The van der Waals surface area contributed by atoms with Crippen LogP contribution < -0.4 is 15.0 Å². The fraction of sp³-hybridized carbons (Fsp3) is 0.435. The number of ether oxygens (including phenoxy) is 1. The fourth-order valence-electron chi connectivity index (χ4n) is 4.41. The van der Waals surface area contributed by atoms with E-state index in [1.807, 2.05) is 31.5 Å². The summed E-state index contributed by atoms with van der Waals surface area (Å²) in [6, 6.07) is 6.12. The number of nitrogens with one attached hydrogen (secondary N) is 1. The zero-order valence-corrected chi connectivity index (χ0v) is 20.3. The first-order valence-corrected chi connectivity index (χ1v) is 12.7. The number of hydrogen-bond donors (Lipinski definition) is 1. The minimum atomic E-state index is -0.149. The highest BCUT2D eigenvalue weighted by atomic mass is 35.5. The number of piperazine rings is 1. The smallest absolute Gasteiger partial charge is 0.220 e. The van der Waals surface area contributed by atoms with Gasteiger partial charge in [0.2, 0.25) is 5.91 Å². The van der Waals surface area contributed by atoms with Crippen LogP contribution in [0.1, 0.15) is 13.3 Å². The minimum absolute atomic E-state index is 0.0656. The Labute approximate surface area is 202 Å². The van der Waals surface area contributed by atoms with Gasteiger partial charge in [0, 0.05) is 56.8 Å². The fourth-order valence-corrected chi connectivity index (χ4v) is 5.16. The number of hydrogen-bond acceptors (Lipinski definition) is 7. The van der Waals surface area contributed by atoms with Crippen molar-refractivity contribution in [1.82, 2.24) is 24.2 Å². The molecule has 2 unspecified atom stereocenters. The molecule has 0 radical (unpaired) electrons. The number of carbonyl (C=O) groups excluding carboxylic acids is 1. The maximum atomic E-state index is 11.6. The molecule has 0 aromatic carbocycles. The molecule has 2 aliphatic heterocycles. The van der Waals surface area contributed by atoms with Crippen LogP contribution in [0.15, 0.2) is 36.8 Å². The summed E-state index contributed by atoms with van der Waals surface area (Å²) in [5.74, 6) is 0.823. The van der Waals surface area contributed by atoms with E-state index in [4.69, 9.17) is 21.3 Å². The maximum absolute atomic E-state index is 11.6. The molecule has 0 bridgehead atoms. The van der Waals surface area contributed by atoms with Crippen LogP contribution in [0.3, 0.4) is 0 Å². The Morgan fingerprint density at radius 3 is 2.73 bits per heavy atom.